The lowest BCUT2D eigenvalue weighted by Crippen LogP contribution is -2.24. The van der Waals surface area contributed by atoms with Crippen molar-refractivity contribution in [1.82, 2.24) is 14.9 Å². The highest BCUT2D eigenvalue weighted by Gasteiger charge is 2.20. The molecule has 2 aromatic rings. The minimum Gasteiger partial charge on any atom is -0.369 e. The van der Waals surface area contributed by atoms with E-state index in [1.165, 1.54) is 18.5 Å². The van der Waals surface area contributed by atoms with Crippen LogP contribution in [-0.2, 0) is 16.6 Å². The van der Waals surface area contributed by atoms with Gasteiger partial charge >= 0.3 is 0 Å². The third-order valence-corrected chi connectivity index (χ3v) is 4.23. The van der Waals surface area contributed by atoms with E-state index in [0.717, 1.165) is 0 Å². The van der Waals surface area contributed by atoms with E-state index >= 15 is 0 Å². The number of hydrogen-bond donors (Lipinski definition) is 2. The van der Waals surface area contributed by atoms with Crippen molar-refractivity contribution in [2.45, 2.75) is 18.4 Å². The van der Waals surface area contributed by atoms with E-state index in [2.05, 4.69) is 36.1 Å². The molecule has 20 heavy (non-hydrogen) atoms. The van der Waals surface area contributed by atoms with Gasteiger partial charge in [-0.15, -0.1) is 0 Å². The molecule has 0 unspecified atom stereocenters. The van der Waals surface area contributed by atoms with Crippen LogP contribution in [0.3, 0.4) is 0 Å². The Morgan fingerprint density at radius 3 is 2.90 bits per heavy atom. The van der Waals surface area contributed by atoms with Gasteiger partial charge in [0.1, 0.15) is 10.7 Å². The van der Waals surface area contributed by atoms with Crippen molar-refractivity contribution in [3.05, 3.63) is 34.8 Å². The predicted octanol–water partition coefficient (Wildman–Crippen LogP) is 1.74. The monoisotopic (exact) mass is 360 g/mol. The highest BCUT2D eigenvalue weighted by molar-refractivity contribution is 9.10. The second-order valence-corrected chi connectivity index (χ2v) is 6.48. The highest BCUT2D eigenvalue weighted by atomic mass is 79.9. The summed E-state index contributed by atoms with van der Waals surface area (Å²) in [5, 5.41) is 6.43. The van der Waals surface area contributed by atoms with Crippen molar-refractivity contribution >= 4 is 31.8 Å². The van der Waals surface area contributed by atoms with Gasteiger partial charge < -0.3 is 9.84 Å². The van der Waals surface area contributed by atoms with E-state index in [1.807, 2.05) is 6.92 Å². The van der Waals surface area contributed by atoms with Gasteiger partial charge in [-0.1, -0.05) is 5.16 Å². The molecule has 0 radical (unpaired) electrons. The number of pyridine rings is 1. The van der Waals surface area contributed by atoms with Crippen molar-refractivity contribution in [1.29, 1.82) is 0 Å². The molecule has 0 aliphatic heterocycles. The van der Waals surface area contributed by atoms with Crippen LogP contribution in [0.2, 0.25) is 0 Å². The van der Waals surface area contributed by atoms with Crippen LogP contribution in [-0.4, -0.2) is 25.1 Å². The molecule has 9 heteroatoms. The Hall–Kier alpha value is -1.45. The summed E-state index contributed by atoms with van der Waals surface area (Å²) in [4.78, 5) is 4.14. The molecule has 2 aromatic heterocycles. The van der Waals surface area contributed by atoms with Crippen LogP contribution in [0.25, 0.3) is 0 Å². The quantitative estimate of drug-likeness (QED) is 0.814. The standard InChI is InChI=1S/C11H13BrN4O3S/c1-2-13-11-10(5-8(12)6-14-11)20(17,18)16-7-9-3-4-15-19-9/h3-6,16H,2,7H2,1H3,(H,13,14). The Morgan fingerprint density at radius 1 is 1.45 bits per heavy atom. The molecule has 0 amide bonds. The summed E-state index contributed by atoms with van der Waals surface area (Å²) >= 11 is 3.22. The molecular weight excluding hydrogens is 348 g/mol. The lowest BCUT2D eigenvalue weighted by molar-refractivity contribution is 0.380. The number of sulfonamides is 1. The molecule has 0 aromatic carbocycles. The van der Waals surface area contributed by atoms with E-state index in [4.69, 9.17) is 4.52 Å². The van der Waals surface area contributed by atoms with Gasteiger partial charge in [-0.25, -0.2) is 18.1 Å². The third kappa shape index (κ3) is 3.56. The summed E-state index contributed by atoms with van der Waals surface area (Å²) in [5.74, 6) is 0.738. The average molecular weight is 361 g/mol. The van der Waals surface area contributed by atoms with Crippen molar-refractivity contribution in [3.8, 4) is 0 Å². The molecule has 7 nitrogen and oxygen atoms in total. The lowest BCUT2D eigenvalue weighted by Gasteiger charge is -2.11. The van der Waals surface area contributed by atoms with Crippen LogP contribution in [0.15, 0.2) is 38.4 Å². The zero-order valence-electron chi connectivity index (χ0n) is 10.6. The van der Waals surface area contributed by atoms with Gasteiger partial charge in [0.05, 0.1) is 12.7 Å². The molecule has 2 N–H and O–H groups in total. The smallest absolute Gasteiger partial charge is 0.244 e. The van der Waals surface area contributed by atoms with Gasteiger partial charge in [0.15, 0.2) is 5.76 Å². The average Bonchev–Trinajstić information content (AvgIpc) is 2.92. The van der Waals surface area contributed by atoms with Crippen LogP contribution in [0, 0.1) is 0 Å². The van der Waals surface area contributed by atoms with Crippen LogP contribution in [0.5, 0.6) is 0 Å². The second kappa shape index (κ2) is 6.33. The maximum Gasteiger partial charge on any atom is 0.244 e. The molecular formula is C11H13BrN4O3S. The number of halogens is 1. The Bertz CT molecular complexity index is 673. The summed E-state index contributed by atoms with van der Waals surface area (Å²) in [6.45, 7) is 2.46. The molecule has 2 rings (SSSR count). The molecule has 2 heterocycles. The van der Waals surface area contributed by atoms with Gasteiger partial charge in [0.25, 0.3) is 0 Å². The number of nitrogens with zero attached hydrogens (tertiary/aromatic N) is 2. The number of rotatable bonds is 6. The first-order valence-electron chi connectivity index (χ1n) is 5.81. The van der Waals surface area contributed by atoms with Crippen LogP contribution in [0.1, 0.15) is 12.7 Å². The molecule has 0 saturated carbocycles. The highest BCUT2D eigenvalue weighted by Crippen LogP contribution is 2.22. The van der Waals surface area contributed by atoms with Gasteiger partial charge in [-0.3, -0.25) is 0 Å². The van der Waals surface area contributed by atoms with Gasteiger partial charge in [0.2, 0.25) is 10.0 Å². The molecule has 0 atom stereocenters. The van der Waals surface area contributed by atoms with Crippen LogP contribution >= 0.6 is 15.9 Å². The molecule has 0 aliphatic rings. The van der Waals surface area contributed by atoms with E-state index in [1.54, 1.807) is 6.07 Å². The maximum absolute atomic E-state index is 12.3. The first kappa shape index (κ1) is 14.9. The van der Waals surface area contributed by atoms with Crippen molar-refractivity contribution in [2.24, 2.45) is 0 Å². The molecule has 0 spiro atoms. The SMILES string of the molecule is CCNc1ncc(Br)cc1S(=O)(=O)NCc1ccno1. The van der Waals surface area contributed by atoms with Crippen LogP contribution < -0.4 is 10.0 Å². The molecule has 0 saturated heterocycles. The summed E-state index contributed by atoms with van der Waals surface area (Å²) in [6, 6.07) is 3.08. The van der Waals surface area contributed by atoms with Gasteiger partial charge in [-0.05, 0) is 28.9 Å². The minimum absolute atomic E-state index is 0.0282. The van der Waals surface area contributed by atoms with Crippen molar-refractivity contribution in [2.75, 3.05) is 11.9 Å². The Kier molecular flexibility index (Phi) is 4.73. The van der Waals surface area contributed by atoms with Crippen LogP contribution in [0.4, 0.5) is 5.82 Å². The molecule has 0 fully saturated rings. The fourth-order valence-electron chi connectivity index (χ4n) is 1.50. The molecule has 0 bridgehead atoms. The maximum atomic E-state index is 12.3. The fraction of sp³-hybridized carbons (Fsp3) is 0.273. The topological polar surface area (TPSA) is 97.1 Å². The van der Waals surface area contributed by atoms with E-state index in [9.17, 15) is 8.42 Å². The largest absolute Gasteiger partial charge is 0.369 e. The summed E-state index contributed by atoms with van der Waals surface area (Å²) in [5.41, 5.74) is 0. The first-order chi connectivity index (χ1) is 9.53. The van der Waals surface area contributed by atoms with E-state index in [-0.39, 0.29) is 11.4 Å². The Balaban J connectivity index is 2.26. The minimum atomic E-state index is -3.70. The van der Waals surface area contributed by atoms with Crippen molar-refractivity contribution < 1.29 is 12.9 Å². The fourth-order valence-corrected chi connectivity index (χ4v) is 3.14. The second-order valence-electron chi connectivity index (χ2n) is 3.83. The summed E-state index contributed by atoms with van der Waals surface area (Å²) < 4.78 is 32.5. The predicted molar refractivity (Wildman–Crippen MR) is 76.6 cm³/mol. The zero-order valence-corrected chi connectivity index (χ0v) is 13.0. The zero-order chi connectivity index (χ0) is 14.6. The van der Waals surface area contributed by atoms with Crippen molar-refractivity contribution in [3.63, 3.8) is 0 Å². The third-order valence-electron chi connectivity index (χ3n) is 2.38. The van der Waals surface area contributed by atoms with Gasteiger partial charge in [0, 0.05) is 23.3 Å². The van der Waals surface area contributed by atoms with E-state index < -0.39 is 10.0 Å². The first-order valence-corrected chi connectivity index (χ1v) is 8.09. The summed E-state index contributed by atoms with van der Waals surface area (Å²) in [6.07, 6.45) is 2.99. The summed E-state index contributed by atoms with van der Waals surface area (Å²) in [7, 11) is -3.70. The number of anilines is 1. The molecule has 0 aliphatic carbocycles. The lowest BCUT2D eigenvalue weighted by atomic mass is 10.4. The number of hydrogen-bond acceptors (Lipinski definition) is 6. The Labute approximate surface area is 124 Å². The molecule has 108 valence electrons. The number of nitrogens with one attached hydrogen (secondary N) is 2. The normalized spacial score (nSPS) is 11.5. The number of aromatic nitrogens is 2. The Morgan fingerprint density at radius 2 is 2.25 bits per heavy atom. The van der Waals surface area contributed by atoms with E-state index in [0.29, 0.717) is 22.6 Å². The van der Waals surface area contributed by atoms with Gasteiger partial charge in [-0.2, -0.15) is 0 Å².